The van der Waals surface area contributed by atoms with E-state index in [4.69, 9.17) is 0 Å². The molecule has 0 aromatic heterocycles. The summed E-state index contributed by atoms with van der Waals surface area (Å²) in [4.78, 5) is 238. The second kappa shape index (κ2) is 45.0. The van der Waals surface area contributed by atoms with Crippen molar-refractivity contribution in [1.29, 1.82) is 0 Å². The minimum atomic E-state index is -1.14. The van der Waals surface area contributed by atoms with Crippen LogP contribution in [0.4, 0.5) is 0 Å². The topological polar surface area (TPSA) is 357 Å². The Morgan fingerprint density at radius 2 is 0.653 bits per heavy atom. The fourth-order valence-electron chi connectivity index (χ4n) is 28.9. The van der Waals surface area contributed by atoms with Gasteiger partial charge in [-0.1, -0.05) is 171 Å². The Hall–Kier alpha value is -9.04. The number of nitrogens with one attached hydrogen (secondary N) is 4. The van der Waals surface area contributed by atoms with Gasteiger partial charge in [0, 0.05) is 116 Å². The monoisotopic (exact) mass is 2090 g/mol. The van der Waals surface area contributed by atoms with Crippen molar-refractivity contribution in [2.45, 2.75) is 448 Å². The molecule has 0 bridgehead atoms. The average Bonchev–Trinajstić information content (AvgIpc) is 1.57. The van der Waals surface area contributed by atoms with Crippen molar-refractivity contribution >= 4 is 94.5 Å². The van der Waals surface area contributed by atoms with Crippen LogP contribution in [0, 0.1) is 94.7 Å². The number of imide groups is 6. The van der Waals surface area contributed by atoms with Gasteiger partial charge in [0.15, 0.2) is 0 Å². The van der Waals surface area contributed by atoms with Gasteiger partial charge in [-0.2, -0.15) is 10.0 Å². The van der Waals surface area contributed by atoms with E-state index in [-0.39, 0.29) is 177 Å². The molecule has 16 amide bonds. The highest BCUT2D eigenvalue weighted by molar-refractivity contribution is 6.36. The molecular weight excluding hydrogens is 1900 g/mol. The van der Waals surface area contributed by atoms with Crippen molar-refractivity contribution in [3.63, 3.8) is 0 Å². The van der Waals surface area contributed by atoms with Crippen LogP contribution in [0.1, 0.15) is 363 Å². The van der Waals surface area contributed by atoms with Crippen LogP contribution >= 0.6 is 0 Å². The quantitative estimate of drug-likeness (QED) is 0.0502. The minimum absolute atomic E-state index is 0. The maximum absolute atomic E-state index is 14.6. The second-order valence-corrected chi connectivity index (χ2v) is 54.5. The molecule has 0 spiro atoms. The van der Waals surface area contributed by atoms with Gasteiger partial charge in [-0.05, 0) is 317 Å². The molecule has 840 valence electrons. The molecule has 31 heteroatoms. The molecule has 0 radical (unpaired) electrons. The first-order chi connectivity index (χ1) is 67.9. The van der Waals surface area contributed by atoms with Gasteiger partial charge in [0.1, 0.15) is 0 Å². The molecule has 4 N–H and O–H groups in total. The summed E-state index contributed by atoms with van der Waals surface area (Å²) in [5, 5.41) is 6.77. The van der Waals surface area contributed by atoms with E-state index in [2.05, 4.69) is 252 Å². The summed E-state index contributed by atoms with van der Waals surface area (Å²) in [5.41, 5.74) is 3.21. The molecule has 0 aliphatic carbocycles. The van der Waals surface area contributed by atoms with Gasteiger partial charge in [0.05, 0.1) is 53.3 Å². The number of carbonyl (C=O) groups excluding carboxylic acids is 16. The van der Waals surface area contributed by atoms with Gasteiger partial charge in [-0.3, -0.25) is 121 Å². The van der Waals surface area contributed by atoms with Gasteiger partial charge < -0.3 is 10.6 Å². The van der Waals surface area contributed by atoms with Gasteiger partial charge >= 0.3 is 23.6 Å². The lowest BCUT2D eigenvalue weighted by atomic mass is 9.60. The van der Waals surface area contributed by atoms with Crippen LogP contribution in [0.3, 0.4) is 0 Å². The summed E-state index contributed by atoms with van der Waals surface area (Å²) < 4.78 is 0. The molecule has 31 nitrogen and oxygen atoms in total. The van der Waals surface area contributed by atoms with E-state index in [1.54, 1.807) is 28.7 Å². The molecule has 11 saturated heterocycles. The van der Waals surface area contributed by atoms with E-state index >= 15 is 0 Å². The first kappa shape index (κ1) is 124. The third kappa shape index (κ3) is 24.4. The Morgan fingerprint density at radius 3 is 1.03 bits per heavy atom. The molecule has 11 fully saturated rings. The fourth-order valence-corrected chi connectivity index (χ4v) is 28.9. The highest BCUT2D eigenvalue weighted by atomic mass is 16.2. The molecule has 150 heavy (non-hydrogen) atoms. The van der Waals surface area contributed by atoms with Crippen LogP contribution in [-0.2, 0) is 87.5 Å². The maximum Gasteiger partial charge on any atom is 0.328 e. The maximum atomic E-state index is 14.6. The summed E-state index contributed by atoms with van der Waals surface area (Å²) in [5.74, 6) is -16.1. The number of likely N-dealkylation sites (tertiary alicyclic amines) is 9. The fraction of sp³-hybridized carbons (Fsp3) is 0.765. The van der Waals surface area contributed by atoms with E-state index in [1.165, 1.54) is 11.8 Å². The van der Waals surface area contributed by atoms with Crippen LogP contribution in [0.2, 0.25) is 0 Å². The summed E-state index contributed by atoms with van der Waals surface area (Å²) in [7, 11) is 12.0. The Balaban J connectivity index is 0.000000250. The Bertz CT molecular complexity index is 5280. The SMILES string of the molecule is C.C.CC(C)CC1C(=O)N(NC(=O)C(=O)NC2CC(C)(C)N(C)C(C)(C)C2)C(=O)C1C(C)CC1C(=O)N(NC(=O)C(=O)NC2CC(C)(C)N(C)C(C)(C)C2)C(=O)C1C.CC1C(=O)N(C2CC(C)(C)N(C)C(C)(C)C2)C(=O)C1CC(C)(c1ccccc1)C1C(=O)N(C)C(=O)C1CC(C)(C)c1ccccc1.CCC(C)CC1C(=O)N(C2CC(C)(C)N(C)C(C)(C)C2)C(=O)C1C(CC)CC1C(=O)N(C2CC(C)(C)N(C)C(C)(C)C2)C(=O)C1C. The predicted molar refractivity (Wildman–Crippen MR) is 585 cm³/mol. The number of hydrogen-bond donors (Lipinski definition) is 4. The smallest absolute Gasteiger partial charge is 0.328 e. The molecule has 0 saturated carbocycles. The first-order valence-corrected chi connectivity index (χ1v) is 55.1. The van der Waals surface area contributed by atoms with Crippen molar-refractivity contribution in [1.82, 2.24) is 75.6 Å². The highest BCUT2D eigenvalue weighted by Crippen LogP contribution is 2.56. The zero-order valence-corrected chi connectivity index (χ0v) is 97.1. The van der Waals surface area contributed by atoms with E-state index in [1.807, 2.05) is 97.2 Å². The van der Waals surface area contributed by atoms with Crippen LogP contribution in [-0.4, -0.2) is 277 Å². The molecule has 11 heterocycles. The first-order valence-electron chi connectivity index (χ1n) is 55.1. The van der Waals surface area contributed by atoms with E-state index in [9.17, 15) is 76.7 Å². The van der Waals surface area contributed by atoms with Crippen molar-refractivity contribution in [3.05, 3.63) is 71.8 Å². The lowest BCUT2D eigenvalue weighted by Gasteiger charge is -2.55. The number of piperidine rings is 5. The predicted octanol–water partition coefficient (Wildman–Crippen LogP) is 15.7. The van der Waals surface area contributed by atoms with Crippen LogP contribution in [0.5, 0.6) is 0 Å². The molecule has 11 aliphatic rings. The standard InChI is InChI=1S/C40H66N8O8.C39H53N3O4.C38H66N4O4.2CH4/c1-21(2)15-27-28(36(56)48(35(27)55)44-32(52)30(50)42-25-19-39(9,10)46(14)40(11,12)20-25)22(3)16-26-23(4)33(53)47(34(26)54)43-31(51)29(49)41-24-17-37(5,6)45(13)38(7,8)18-24;1-25-29(34(45)42(32(25)43)28-21-37(4,5)41(10)38(6,7)22-28)24-39(8,27-19-15-12-16-20-27)31-30(33(44)40(9)35(31)46)23-36(2,3)26-17-13-11-14-18-26;1-15-23(3)17-29-30(34(46)42(33(29)45)27-21-37(9,10)40(14)38(11,12)22-27)25(16-2)18-28-24(4)31(43)41(32(28)44)26-19-35(5,6)39(13)36(7,8)20-26;;/h21-28H,15-20H2,1-14H3,(H,41,49)(H,42,50)(H,43,51)(H,44,52);11-20,25,28-31H,21-24H2,1-10H3;23-30H,15-22H2,1-14H3;2*1H4. The third-order valence-electron chi connectivity index (χ3n) is 39.0. The Labute approximate surface area is 899 Å². The number of benzene rings is 2. The zero-order valence-electron chi connectivity index (χ0n) is 97.1. The molecular formula is C119H193N15O16. The van der Waals surface area contributed by atoms with E-state index < -0.39 is 124 Å². The molecule has 2 aromatic rings. The van der Waals surface area contributed by atoms with Gasteiger partial charge in [-0.15, -0.1) is 0 Å². The van der Waals surface area contributed by atoms with Crippen molar-refractivity contribution in [2.75, 3.05) is 42.3 Å². The summed E-state index contributed by atoms with van der Waals surface area (Å²) in [6.07, 6.45) is 10.6. The van der Waals surface area contributed by atoms with E-state index in [0.29, 0.717) is 93.0 Å². The van der Waals surface area contributed by atoms with Gasteiger partial charge in [0.25, 0.3) is 23.6 Å². The van der Waals surface area contributed by atoms with Crippen LogP contribution in [0.15, 0.2) is 60.7 Å². The van der Waals surface area contributed by atoms with Crippen molar-refractivity contribution < 1.29 is 76.7 Å². The second-order valence-electron chi connectivity index (χ2n) is 54.5. The molecule has 16 atom stereocenters. The summed E-state index contributed by atoms with van der Waals surface area (Å²) in [6.45, 7) is 66.2. The van der Waals surface area contributed by atoms with Gasteiger partial charge in [-0.25, -0.2) is 10.9 Å². The van der Waals surface area contributed by atoms with Crippen molar-refractivity contribution in [3.8, 4) is 0 Å². The summed E-state index contributed by atoms with van der Waals surface area (Å²) in [6, 6.07) is 18.8. The van der Waals surface area contributed by atoms with E-state index in [0.717, 1.165) is 43.2 Å². The summed E-state index contributed by atoms with van der Waals surface area (Å²) >= 11 is 0. The van der Waals surface area contributed by atoms with Crippen LogP contribution < -0.4 is 21.5 Å². The molecule has 11 aliphatic heterocycles. The molecule has 16 unspecified atom stereocenters. The number of rotatable bonds is 26. The average molecular weight is 2090 g/mol. The lowest BCUT2D eigenvalue weighted by Crippen LogP contribution is -2.63. The van der Waals surface area contributed by atoms with Crippen molar-refractivity contribution in [2.24, 2.45) is 94.7 Å². The Morgan fingerprint density at radius 1 is 0.333 bits per heavy atom. The largest absolute Gasteiger partial charge is 0.345 e. The molecule has 13 rings (SSSR count). The number of carbonyl (C=O) groups is 16. The highest BCUT2D eigenvalue weighted by Gasteiger charge is 2.64. The molecule has 2 aromatic carbocycles. The normalized spacial score (nSPS) is 29.9. The minimum Gasteiger partial charge on any atom is -0.345 e. The number of amides is 16. The number of hydrazine groups is 2. The lowest BCUT2D eigenvalue weighted by molar-refractivity contribution is -0.153. The van der Waals surface area contributed by atoms with Gasteiger partial charge in [0.2, 0.25) is 47.3 Å². The Kier molecular flexibility index (Phi) is 37.4. The number of hydrogen-bond acceptors (Lipinski definition) is 21. The zero-order chi connectivity index (χ0) is 111. The van der Waals surface area contributed by atoms with Crippen LogP contribution in [0.25, 0.3) is 0 Å². The number of nitrogens with zero attached hydrogens (tertiary/aromatic N) is 11. The third-order valence-corrected chi connectivity index (χ3v) is 39.0.